The first-order chi connectivity index (χ1) is 69.5. The zero-order valence-corrected chi connectivity index (χ0v) is 85.9. The number of benzene rings is 9. The highest BCUT2D eigenvalue weighted by Gasteiger charge is 2.26. The van der Waals surface area contributed by atoms with Crippen LogP contribution in [0, 0.1) is 0 Å². The lowest BCUT2D eigenvalue weighted by Gasteiger charge is -2.12. The first kappa shape index (κ1) is 117. The van der Waals surface area contributed by atoms with Crippen LogP contribution in [0.5, 0.6) is 17.2 Å². The number of halogens is 2. The molecule has 0 saturated carbocycles. The summed E-state index contributed by atoms with van der Waals surface area (Å²) in [6.45, 7) is 0.965. The fourth-order valence-corrected chi connectivity index (χ4v) is 14.1. The lowest BCUT2D eigenvalue weighted by Crippen LogP contribution is -2.36. The zero-order valence-electron chi connectivity index (χ0n) is 84.3. The number of anilines is 7. The van der Waals surface area contributed by atoms with Gasteiger partial charge in [-0.15, -0.1) is 9.36 Å². The first-order valence-electron chi connectivity index (χ1n) is 46.2. The van der Waals surface area contributed by atoms with Crippen molar-refractivity contribution in [1.82, 2.24) is 9.25 Å². The maximum absolute atomic E-state index is 10.3. The molecule has 0 bridgehead atoms. The molecule has 18 rings (SSSR count). The van der Waals surface area contributed by atoms with E-state index in [1.165, 1.54) is 22.5 Å². The van der Waals surface area contributed by atoms with E-state index >= 15 is 0 Å². The number of aromatic hydroxyl groups is 1. The van der Waals surface area contributed by atoms with Gasteiger partial charge in [0.05, 0.1) is 88.3 Å². The predicted molar refractivity (Wildman–Crippen MR) is 609 cm³/mol. The minimum atomic E-state index is 0. The number of fused-ring (bicyclic) bond motifs is 2. The van der Waals surface area contributed by atoms with Crippen molar-refractivity contribution in [3.63, 3.8) is 0 Å². The van der Waals surface area contributed by atoms with Gasteiger partial charge in [0.1, 0.15) is 77.6 Å². The van der Waals surface area contributed by atoms with Gasteiger partial charge < -0.3 is 31.8 Å². The molecule has 0 radical (unpaired) electrons. The third kappa shape index (κ3) is 37.3. The number of azo groups is 3. The molecule has 8 aromatic heterocycles. The van der Waals surface area contributed by atoms with Crippen LogP contribution in [-0.2, 0) is 76.9 Å². The van der Waals surface area contributed by atoms with E-state index in [1.807, 2.05) is 480 Å². The molecule has 30 heteroatoms. The lowest BCUT2D eigenvalue weighted by atomic mass is 10.1. The Kier molecular flexibility index (Phi) is 47.8. The van der Waals surface area contributed by atoms with Gasteiger partial charge in [-0.2, -0.15) is 20.4 Å². The van der Waals surface area contributed by atoms with Gasteiger partial charge in [-0.05, 0) is 222 Å². The number of para-hydroxylation sites is 1. The van der Waals surface area contributed by atoms with E-state index in [1.54, 1.807) is 37.1 Å². The normalized spacial score (nSPS) is 11.1. The third-order valence-corrected chi connectivity index (χ3v) is 23.0. The highest BCUT2D eigenvalue weighted by atomic mass is 35.5. The SMILES string of the molecule is C.C.C.C.CN(N=Cc1cc[n+](C)cc1)c1ccc(N)cc1.CN(N=Cc1cccc[n+]1C)c1ccc(Cl)cc1.COc1ccc(N(C)N=Cc2cc[n+](C)cc2)cc1.COc1ccc(N=Nc2n(C)cc[n+]2C)cc1.C[n+]1ccc(C=Cc2ccc(N)cc2)cc1.C[n+]1ccccc1C=Cc1ccc(N)cc1.C[n+]1ccccc1C=NN1CCc2ccccc21.Cn1c2c([N+](C)=Nc3ccc(Cl)cc3)c(O)ccc2c[n+]1C. The molecule has 148 heavy (non-hydrogen) atoms. The number of hydrogen-bond acceptors (Lipinski definition) is 17. The molecule has 17 aromatic rings. The maximum atomic E-state index is 10.3. The minimum Gasteiger partial charge on any atom is -0.502 e. The van der Waals surface area contributed by atoms with Gasteiger partial charge >= 0.3 is 11.6 Å². The second-order valence-electron chi connectivity index (χ2n) is 33.3. The summed E-state index contributed by atoms with van der Waals surface area (Å²) in [4.78, 5) is 0. The summed E-state index contributed by atoms with van der Waals surface area (Å²) in [5.41, 5.74) is 36.9. The van der Waals surface area contributed by atoms with E-state index in [4.69, 9.17) is 49.9 Å². The van der Waals surface area contributed by atoms with Crippen molar-refractivity contribution in [2.45, 2.75) is 36.1 Å². The standard InChI is InChI=1S/C16H16ClN4O.C15H18N3O.C15H16N3.C14H15ClN3.C14H17N4.2C14H14N2.C12H15N4O.4CH4/c1-19-10-11-4-9-14(22)16(15(11)21(19)3)20(2)18-13-7-5-12(17)6-8-13;1-17-10-8-13(9-11-17)12-16-18(2)14-4-6-15(19-3)7-5-14;1-17-10-5-4-7-14(17)12-16-18-11-9-13-6-2-3-8-15(13)18;1-17-10-4-3-5-14(17)11-16-18(2)13-8-6-12(15)7-9-13;1-17-9-7-12(8-10-17)11-16-18(2)14-5-3-13(15)4-6-14;1-16-10-8-13(9-11-16)3-2-12-4-6-14(15)7-5-12;1-16-11-3-2-4-14(16)10-7-12-5-8-13(15)9-6-12;1-15-8-9-16(2)12(15)14-13-10-4-6-11(17-3)7-5-10;;;;/h4-10H,1-3H3;4-12H,1-3H3;2-8,10,12H,9,11H2,1H3;3-11H,1-2H3;3-11H,15H2,1-2H3;2*2-11,15H,1H3;4-9H,1-3H3;4*1H4/q5*+1;;;+1;;;;/p+3. The Balaban J connectivity index is 0.000000228. The van der Waals surface area contributed by atoms with Crippen LogP contribution >= 0.6 is 23.2 Å². The van der Waals surface area contributed by atoms with Crippen LogP contribution in [0.3, 0.4) is 0 Å². The topological polar surface area (TPSA) is 260 Å². The number of hydrazone groups is 4. The first-order valence-corrected chi connectivity index (χ1v) is 47.0. The molecular formula is C118H144Cl2N25O3+9. The van der Waals surface area contributed by atoms with Crippen molar-refractivity contribution in [1.29, 1.82) is 0 Å². The summed E-state index contributed by atoms with van der Waals surface area (Å²) >= 11 is 11.7. The second-order valence-corrected chi connectivity index (χ2v) is 34.2. The molecule has 9 aromatic carbocycles. The highest BCUT2D eigenvalue weighted by Crippen LogP contribution is 2.35. The number of nitrogen functional groups attached to an aromatic ring is 3. The van der Waals surface area contributed by atoms with E-state index in [2.05, 4.69) is 123 Å². The Morgan fingerprint density at radius 1 is 0.399 bits per heavy atom. The molecule has 28 nitrogen and oxygen atoms in total. The average Bonchev–Trinajstić information content (AvgIpc) is 1.64. The second kappa shape index (κ2) is 60.2. The van der Waals surface area contributed by atoms with Crippen molar-refractivity contribution in [2.75, 3.05) is 86.2 Å². The van der Waals surface area contributed by atoms with Gasteiger partial charge in [-0.25, -0.2) is 36.5 Å². The predicted octanol–water partition coefficient (Wildman–Crippen LogP) is 20.9. The number of methoxy groups -OCH3 is 2. The largest absolute Gasteiger partial charge is 0.502 e. The summed E-state index contributed by atoms with van der Waals surface area (Å²) in [6.07, 6.45) is 40.8. The molecule has 7 N–H and O–H groups in total. The molecule has 764 valence electrons. The number of aryl methyl sites for hydroxylation is 10. The van der Waals surface area contributed by atoms with Crippen LogP contribution in [0.2, 0.25) is 10.0 Å². The number of imidazole rings is 1. The number of nitrogens with two attached hydrogens (primary N) is 3. The monoisotopic (exact) mass is 2030 g/mol. The summed E-state index contributed by atoms with van der Waals surface area (Å²) < 4.78 is 31.8. The number of rotatable bonds is 21. The number of ether oxygens (including phenoxy) is 2. The zero-order chi connectivity index (χ0) is 103. The summed E-state index contributed by atoms with van der Waals surface area (Å²) in [5.74, 6) is 2.64. The number of aromatic nitrogens is 10. The molecule has 0 unspecified atom stereocenters. The highest BCUT2D eigenvalue weighted by molar-refractivity contribution is 6.31. The molecule has 0 amide bonds. The van der Waals surface area contributed by atoms with Crippen molar-refractivity contribution in [3.8, 4) is 17.2 Å². The van der Waals surface area contributed by atoms with Gasteiger partial charge in [-0.3, -0.25) is 20.0 Å². The van der Waals surface area contributed by atoms with Crippen LogP contribution in [0.4, 0.5) is 62.8 Å². The molecule has 0 saturated heterocycles. The van der Waals surface area contributed by atoms with Crippen LogP contribution in [-0.4, -0.2) is 92.9 Å². The number of phenols is 1. The van der Waals surface area contributed by atoms with E-state index in [0.717, 1.165) is 125 Å². The molecule has 0 spiro atoms. The molecular weight excluding hydrogens is 1890 g/mol. The van der Waals surface area contributed by atoms with Gasteiger partial charge in [-0.1, -0.05) is 117 Å². The molecule has 1 aliphatic rings. The van der Waals surface area contributed by atoms with Crippen molar-refractivity contribution in [3.05, 3.63) is 432 Å². The molecule has 0 fully saturated rings. The third-order valence-electron chi connectivity index (χ3n) is 22.5. The number of pyridine rings is 6. The van der Waals surface area contributed by atoms with Gasteiger partial charge in [0.15, 0.2) is 81.1 Å². The quantitative estimate of drug-likeness (QED) is 0.0174. The Hall–Kier alpha value is -17.5. The van der Waals surface area contributed by atoms with Crippen molar-refractivity contribution >= 4 is 146 Å². The fourth-order valence-electron chi connectivity index (χ4n) is 13.8. The summed E-state index contributed by atoms with van der Waals surface area (Å²) in [6, 6.07) is 95.8. The van der Waals surface area contributed by atoms with Crippen molar-refractivity contribution < 1.29 is 55.9 Å². The van der Waals surface area contributed by atoms with E-state index in [-0.39, 0.29) is 35.5 Å². The Bertz CT molecular complexity index is 7120. The number of nitrogens with zero attached hydrogens (tertiary/aromatic N) is 22. The van der Waals surface area contributed by atoms with E-state index in [0.29, 0.717) is 10.7 Å². The van der Waals surface area contributed by atoms with Gasteiger partial charge in [0, 0.05) is 150 Å². The molecule has 0 aliphatic carbocycles. The Labute approximate surface area is 883 Å². The Morgan fingerprint density at radius 3 is 1.25 bits per heavy atom. The van der Waals surface area contributed by atoms with Crippen LogP contribution < -0.4 is 83.4 Å². The smallest absolute Gasteiger partial charge is 0.421 e. The number of hydrogen-bond donors (Lipinski definition) is 4. The number of phenolic OH excluding ortho intramolecular Hbond substituents is 1. The summed E-state index contributed by atoms with van der Waals surface area (Å²) in [5, 5.41) is 50.9. The Morgan fingerprint density at radius 2 is 0.791 bits per heavy atom. The maximum Gasteiger partial charge on any atom is 0.421 e. The van der Waals surface area contributed by atoms with Crippen LogP contribution in [0.25, 0.3) is 35.2 Å². The molecule has 1 aliphatic heterocycles. The lowest BCUT2D eigenvalue weighted by molar-refractivity contribution is -0.748. The summed E-state index contributed by atoms with van der Waals surface area (Å²) in [7, 11) is 30.6. The fraction of sp³-hybridized carbons (Fsp3) is 0.186. The average molecular weight is 2030 g/mol. The molecule has 9 heterocycles. The van der Waals surface area contributed by atoms with Crippen LogP contribution in [0.15, 0.2) is 407 Å². The minimum absolute atomic E-state index is 0. The van der Waals surface area contributed by atoms with Crippen molar-refractivity contribution in [2.24, 2.45) is 106 Å². The van der Waals surface area contributed by atoms with Crippen LogP contribution in [0.1, 0.15) is 80.2 Å². The van der Waals surface area contributed by atoms with E-state index < -0.39 is 0 Å². The van der Waals surface area contributed by atoms with E-state index in [9.17, 15) is 5.11 Å². The van der Waals surface area contributed by atoms with Gasteiger partial charge in [0.25, 0.3) is 0 Å². The molecule has 0 atom stereocenters. The van der Waals surface area contributed by atoms with Gasteiger partial charge in [0.2, 0.25) is 23.3 Å².